The highest BCUT2D eigenvalue weighted by Gasteiger charge is 2.40. The predicted molar refractivity (Wildman–Crippen MR) is 63.7 cm³/mol. The smallest absolute Gasteiger partial charge is 0.323 e. The summed E-state index contributed by atoms with van der Waals surface area (Å²) in [5.41, 5.74) is 7.30. The Morgan fingerprint density at radius 3 is 2.71 bits per heavy atom. The Labute approximate surface area is 100 Å². The molecule has 0 unspecified atom stereocenters. The first kappa shape index (κ1) is 13.8. The van der Waals surface area contributed by atoms with Crippen molar-refractivity contribution in [3.05, 3.63) is 10.4 Å². The second-order valence-corrected chi connectivity index (χ2v) is 4.20. The maximum atomic E-state index is 11.4. The number of carbonyl (C=O) groups is 1. The van der Waals surface area contributed by atoms with Gasteiger partial charge >= 0.3 is 5.97 Å². The first-order valence-corrected chi connectivity index (χ1v) is 5.86. The van der Waals surface area contributed by atoms with Gasteiger partial charge in [0.05, 0.1) is 0 Å². The third-order valence-electron chi connectivity index (χ3n) is 3.30. The lowest BCUT2D eigenvalue weighted by molar-refractivity contribution is -0.147. The normalized spacial score (nSPS) is 19.6. The number of rotatable bonds is 6. The van der Waals surface area contributed by atoms with Gasteiger partial charge in [0.1, 0.15) is 5.54 Å². The number of nitrogens with zero attached hydrogens (tertiary/aromatic N) is 4. The molecule has 0 spiro atoms. The molecule has 17 heavy (non-hydrogen) atoms. The monoisotopic (exact) mass is 241 g/mol. The van der Waals surface area contributed by atoms with Crippen LogP contribution in [0.1, 0.15) is 19.8 Å². The van der Waals surface area contributed by atoms with Crippen LogP contribution in [0.5, 0.6) is 0 Å². The molecule has 7 nitrogen and oxygen atoms in total. The van der Waals surface area contributed by atoms with E-state index in [1.807, 2.05) is 0 Å². The molecule has 1 fully saturated rings. The summed E-state index contributed by atoms with van der Waals surface area (Å²) in [7, 11) is 0. The van der Waals surface area contributed by atoms with Crippen molar-refractivity contribution in [1.29, 1.82) is 0 Å². The molecule has 0 atom stereocenters. The number of hydrogen-bond acceptors (Lipinski definition) is 4. The Balaban J connectivity index is 2.52. The molecule has 1 rings (SSSR count). The Morgan fingerprint density at radius 1 is 1.59 bits per heavy atom. The highest BCUT2D eigenvalue weighted by Crippen LogP contribution is 2.22. The van der Waals surface area contributed by atoms with Crippen LogP contribution in [-0.2, 0) is 4.79 Å². The number of piperidine rings is 1. The molecule has 0 aromatic heterocycles. The van der Waals surface area contributed by atoms with Crippen LogP contribution in [0.25, 0.3) is 10.4 Å². The second-order valence-electron chi connectivity index (χ2n) is 4.20. The third kappa shape index (κ3) is 3.59. The van der Waals surface area contributed by atoms with E-state index in [-0.39, 0.29) is 6.54 Å². The Kier molecular flexibility index (Phi) is 5.21. The van der Waals surface area contributed by atoms with Crippen LogP contribution in [0, 0.1) is 0 Å². The SMILES string of the molecule is CCN1CCC(NCCN=[N+]=[N-])(C(=O)O)CC1. The molecular weight excluding hydrogens is 222 g/mol. The molecule has 0 radical (unpaired) electrons. The van der Waals surface area contributed by atoms with Gasteiger partial charge in [-0.2, -0.15) is 0 Å². The zero-order valence-corrected chi connectivity index (χ0v) is 10.1. The van der Waals surface area contributed by atoms with Crippen molar-refractivity contribution in [2.75, 3.05) is 32.7 Å². The largest absolute Gasteiger partial charge is 0.480 e. The second kappa shape index (κ2) is 6.44. The zero-order valence-electron chi connectivity index (χ0n) is 10.1. The summed E-state index contributed by atoms with van der Waals surface area (Å²) in [5.74, 6) is -0.811. The minimum atomic E-state index is -0.851. The summed E-state index contributed by atoms with van der Waals surface area (Å²) in [6.45, 7) is 5.29. The summed E-state index contributed by atoms with van der Waals surface area (Å²) in [6.07, 6.45) is 1.18. The fourth-order valence-corrected chi connectivity index (χ4v) is 2.11. The minimum absolute atomic E-state index is 0.281. The van der Waals surface area contributed by atoms with Crippen LogP contribution >= 0.6 is 0 Å². The van der Waals surface area contributed by atoms with Crippen LogP contribution in [0.15, 0.2) is 5.11 Å². The van der Waals surface area contributed by atoms with Gasteiger partial charge in [0.15, 0.2) is 0 Å². The fraction of sp³-hybridized carbons (Fsp3) is 0.900. The van der Waals surface area contributed by atoms with Gasteiger partial charge in [-0.1, -0.05) is 12.0 Å². The molecule has 2 N–H and O–H groups in total. The van der Waals surface area contributed by atoms with Crippen LogP contribution in [0.3, 0.4) is 0 Å². The Hall–Kier alpha value is -1.30. The number of carboxylic acid groups (broad SMARTS) is 1. The first-order valence-electron chi connectivity index (χ1n) is 5.86. The van der Waals surface area contributed by atoms with Gasteiger partial charge in [-0.05, 0) is 24.9 Å². The zero-order chi connectivity index (χ0) is 12.7. The summed E-state index contributed by atoms with van der Waals surface area (Å²) < 4.78 is 0. The van der Waals surface area contributed by atoms with Gasteiger partial charge in [-0.3, -0.25) is 4.79 Å². The predicted octanol–water partition coefficient (Wildman–Crippen LogP) is 0.825. The minimum Gasteiger partial charge on any atom is -0.480 e. The van der Waals surface area contributed by atoms with Gasteiger partial charge in [-0.25, -0.2) is 0 Å². The summed E-state index contributed by atoms with van der Waals surface area (Å²) in [5, 5.41) is 15.7. The third-order valence-corrected chi connectivity index (χ3v) is 3.30. The van der Waals surface area contributed by atoms with Crippen molar-refractivity contribution in [2.45, 2.75) is 25.3 Å². The molecule has 1 heterocycles. The van der Waals surface area contributed by atoms with Crippen molar-refractivity contribution in [2.24, 2.45) is 5.11 Å². The van der Waals surface area contributed by atoms with Gasteiger partial charge in [0.2, 0.25) is 0 Å². The molecule has 0 aromatic rings. The molecule has 1 saturated heterocycles. The van der Waals surface area contributed by atoms with Crippen molar-refractivity contribution in [3.8, 4) is 0 Å². The highest BCUT2D eigenvalue weighted by atomic mass is 16.4. The number of hydrogen-bond donors (Lipinski definition) is 2. The molecule has 0 aromatic carbocycles. The molecule has 96 valence electrons. The number of carboxylic acids is 1. The molecule has 0 bridgehead atoms. The lowest BCUT2D eigenvalue weighted by Gasteiger charge is -2.39. The number of azide groups is 1. The molecular formula is C10H19N5O2. The molecule has 7 heteroatoms. The van der Waals surface area contributed by atoms with E-state index >= 15 is 0 Å². The van der Waals surface area contributed by atoms with E-state index in [0.29, 0.717) is 19.4 Å². The molecule has 1 aliphatic heterocycles. The summed E-state index contributed by atoms with van der Waals surface area (Å²) in [4.78, 5) is 16.2. The van der Waals surface area contributed by atoms with Crippen LogP contribution in [0.2, 0.25) is 0 Å². The van der Waals surface area contributed by atoms with E-state index in [2.05, 4.69) is 27.2 Å². The number of nitrogens with one attached hydrogen (secondary N) is 1. The average Bonchev–Trinajstić information content (AvgIpc) is 2.35. The average molecular weight is 241 g/mol. The number of likely N-dealkylation sites (tertiary alicyclic amines) is 1. The van der Waals surface area contributed by atoms with Crippen LogP contribution in [0.4, 0.5) is 0 Å². The van der Waals surface area contributed by atoms with Crippen molar-refractivity contribution < 1.29 is 9.90 Å². The van der Waals surface area contributed by atoms with E-state index in [0.717, 1.165) is 19.6 Å². The fourth-order valence-electron chi connectivity index (χ4n) is 2.11. The van der Waals surface area contributed by atoms with Gasteiger partial charge in [0.25, 0.3) is 0 Å². The molecule has 0 aliphatic carbocycles. The molecule has 0 amide bonds. The maximum Gasteiger partial charge on any atom is 0.323 e. The molecule has 1 aliphatic rings. The van der Waals surface area contributed by atoms with E-state index in [1.54, 1.807) is 0 Å². The highest BCUT2D eigenvalue weighted by molar-refractivity contribution is 5.79. The first-order chi connectivity index (χ1) is 8.14. The van der Waals surface area contributed by atoms with Crippen LogP contribution < -0.4 is 5.32 Å². The van der Waals surface area contributed by atoms with Crippen molar-refractivity contribution in [3.63, 3.8) is 0 Å². The lowest BCUT2D eigenvalue weighted by Crippen LogP contribution is -2.58. The topological polar surface area (TPSA) is 101 Å². The van der Waals surface area contributed by atoms with E-state index in [1.165, 1.54) is 0 Å². The van der Waals surface area contributed by atoms with Gasteiger partial charge < -0.3 is 15.3 Å². The lowest BCUT2D eigenvalue weighted by atomic mass is 9.87. The van der Waals surface area contributed by atoms with E-state index in [9.17, 15) is 9.90 Å². The standard InChI is InChI=1S/C10H19N5O2/c1-2-15-7-3-10(4-8-15,9(16)17)12-5-6-13-14-11/h12H,2-8H2,1H3,(H,16,17). The Bertz CT molecular complexity index is 306. The number of aliphatic carboxylic acids is 1. The van der Waals surface area contributed by atoms with Crippen molar-refractivity contribution >= 4 is 5.97 Å². The Morgan fingerprint density at radius 2 is 2.24 bits per heavy atom. The van der Waals surface area contributed by atoms with E-state index in [4.69, 9.17) is 5.53 Å². The maximum absolute atomic E-state index is 11.4. The van der Waals surface area contributed by atoms with Gasteiger partial charge in [0, 0.05) is 31.1 Å². The molecule has 0 saturated carbocycles. The quantitative estimate of drug-likeness (QED) is 0.311. The van der Waals surface area contributed by atoms with Crippen molar-refractivity contribution in [1.82, 2.24) is 10.2 Å². The summed E-state index contributed by atoms with van der Waals surface area (Å²) >= 11 is 0. The van der Waals surface area contributed by atoms with E-state index < -0.39 is 11.5 Å². The van der Waals surface area contributed by atoms with Crippen LogP contribution in [-0.4, -0.2) is 54.2 Å². The summed E-state index contributed by atoms with van der Waals surface area (Å²) in [6, 6.07) is 0. The van der Waals surface area contributed by atoms with Gasteiger partial charge in [-0.15, -0.1) is 0 Å².